The molecule has 26 heavy (non-hydrogen) atoms. The van der Waals surface area contributed by atoms with Gasteiger partial charge in [-0.05, 0) is 36.1 Å². The minimum absolute atomic E-state index is 0.0308. The number of halogens is 1. The summed E-state index contributed by atoms with van der Waals surface area (Å²) in [5.74, 6) is 0.778. The van der Waals surface area contributed by atoms with E-state index >= 15 is 0 Å². The molecule has 2 aromatic carbocycles. The van der Waals surface area contributed by atoms with E-state index in [9.17, 15) is 9.59 Å². The second-order valence-electron chi connectivity index (χ2n) is 5.62. The number of amides is 2. The number of hydrogen-bond donors (Lipinski definition) is 1. The summed E-state index contributed by atoms with van der Waals surface area (Å²) in [4.78, 5) is 26.8. The van der Waals surface area contributed by atoms with Crippen LogP contribution in [0.1, 0.15) is 5.56 Å². The second-order valence-corrected chi connectivity index (χ2v) is 7.89. The Kier molecular flexibility index (Phi) is 8.35. The van der Waals surface area contributed by atoms with Crippen LogP contribution >= 0.6 is 35.1 Å². The van der Waals surface area contributed by atoms with Gasteiger partial charge in [-0.2, -0.15) is 0 Å². The Labute approximate surface area is 167 Å². The summed E-state index contributed by atoms with van der Waals surface area (Å²) >= 11 is 8.94. The SMILES string of the molecule is CSc1ccccc1NC(=O)CN(C)C(=O)CSCc1ccc(Cl)cc1. The highest BCUT2D eigenvalue weighted by Gasteiger charge is 2.14. The van der Waals surface area contributed by atoms with Gasteiger partial charge in [0.2, 0.25) is 11.8 Å². The lowest BCUT2D eigenvalue weighted by molar-refractivity contribution is -0.131. The third-order valence-electron chi connectivity index (χ3n) is 3.60. The van der Waals surface area contributed by atoms with E-state index in [1.165, 1.54) is 16.7 Å². The normalized spacial score (nSPS) is 10.4. The number of carbonyl (C=O) groups is 2. The number of anilines is 1. The van der Waals surface area contributed by atoms with Gasteiger partial charge in [-0.15, -0.1) is 23.5 Å². The fraction of sp³-hybridized carbons (Fsp3) is 0.263. The van der Waals surface area contributed by atoms with Crippen LogP contribution in [0.15, 0.2) is 53.4 Å². The van der Waals surface area contributed by atoms with Crippen LogP contribution in [0.5, 0.6) is 0 Å². The Hall–Kier alpha value is -1.63. The molecule has 4 nitrogen and oxygen atoms in total. The summed E-state index contributed by atoms with van der Waals surface area (Å²) in [5, 5.41) is 3.56. The lowest BCUT2D eigenvalue weighted by Gasteiger charge is -2.17. The highest BCUT2D eigenvalue weighted by Crippen LogP contribution is 2.24. The zero-order valence-electron chi connectivity index (χ0n) is 14.7. The highest BCUT2D eigenvalue weighted by molar-refractivity contribution is 7.99. The van der Waals surface area contributed by atoms with E-state index in [-0.39, 0.29) is 18.4 Å². The lowest BCUT2D eigenvalue weighted by Crippen LogP contribution is -2.36. The molecule has 0 aliphatic heterocycles. The van der Waals surface area contributed by atoms with Crippen molar-refractivity contribution in [2.75, 3.05) is 30.9 Å². The third kappa shape index (κ3) is 6.59. The zero-order chi connectivity index (χ0) is 18.9. The van der Waals surface area contributed by atoms with Crippen molar-refractivity contribution in [3.8, 4) is 0 Å². The predicted octanol–water partition coefficient (Wildman–Crippen LogP) is 4.39. The number of rotatable bonds is 8. The van der Waals surface area contributed by atoms with E-state index < -0.39 is 0 Å². The van der Waals surface area contributed by atoms with Crippen molar-refractivity contribution in [1.82, 2.24) is 4.90 Å². The van der Waals surface area contributed by atoms with Gasteiger partial charge in [0.05, 0.1) is 18.0 Å². The lowest BCUT2D eigenvalue weighted by atomic mass is 10.2. The first-order chi connectivity index (χ1) is 12.5. The summed E-state index contributed by atoms with van der Waals surface area (Å²) in [7, 11) is 1.64. The maximum Gasteiger partial charge on any atom is 0.244 e. The van der Waals surface area contributed by atoms with Crippen LogP contribution in [-0.4, -0.2) is 42.3 Å². The fourth-order valence-corrected chi connectivity index (χ4v) is 3.79. The van der Waals surface area contributed by atoms with Crippen LogP contribution in [-0.2, 0) is 15.3 Å². The quantitative estimate of drug-likeness (QED) is 0.658. The largest absolute Gasteiger partial charge is 0.336 e. The van der Waals surface area contributed by atoms with Crippen molar-refractivity contribution in [1.29, 1.82) is 0 Å². The first kappa shape index (κ1) is 20.7. The highest BCUT2D eigenvalue weighted by atomic mass is 35.5. The summed E-state index contributed by atoms with van der Waals surface area (Å²) in [5.41, 5.74) is 1.88. The van der Waals surface area contributed by atoms with E-state index in [2.05, 4.69) is 5.32 Å². The average molecular weight is 409 g/mol. The van der Waals surface area contributed by atoms with E-state index in [1.807, 2.05) is 54.8 Å². The maximum atomic E-state index is 12.2. The first-order valence-electron chi connectivity index (χ1n) is 7.98. The minimum Gasteiger partial charge on any atom is -0.336 e. The van der Waals surface area contributed by atoms with Crippen molar-refractivity contribution in [2.45, 2.75) is 10.6 Å². The Morgan fingerprint density at radius 2 is 1.81 bits per heavy atom. The number of benzene rings is 2. The number of carbonyl (C=O) groups excluding carboxylic acids is 2. The zero-order valence-corrected chi connectivity index (χ0v) is 17.1. The molecule has 0 bridgehead atoms. The van der Waals surface area contributed by atoms with Crippen molar-refractivity contribution >= 4 is 52.6 Å². The summed E-state index contributed by atoms with van der Waals surface area (Å²) in [6, 6.07) is 15.2. The molecule has 0 atom stereocenters. The number of nitrogens with zero attached hydrogens (tertiary/aromatic N) is 1. The fourth-order valence-electron chi connectivity index (χ4n) is 2.19. The Morgan fingerprint density at radius 1 is 1.12 bits per heavy atom. The molecule has 0 aliphatic carbocycles. The number of likely N-dealkylation sites (N-methyl/N-ethyl adjacent to an activating group) is 1. The van der Waals surface area contributed by atoms with Crippen LogP contribution in [0, 0.1) is 0 Å². The van der Waals surface area contributed by atoms with Gasteiger partial charge in [0, 0.05) is 22.7 Å². The summed E-state index contributed by atoms with van der Waals surface area (Å²) in [6.45, 7) is 0.0308. The molecule has 138 valence electrons. The van der Waals surface area contributed by atoms with Crippen LogP contribution in [0.2, 0.25) is 5.02 Å². The van der Waals surface area contributed by atoms with Crippen molar-refractivity contribution in [2.24, 2.45) is 0 Å². The van der Waals surface area contributed by atoms with Gasteiger partial charge in [-0.3, -0.25) is 9.59 Å². The van der Waals surface area contributed by atoms with Gasteiger partial charge in [0.25, 0.3) is 0 Å². The predicted molar refractivity (Wildman–Crippen MR) is 112 cm³/mol. The minimum atomic E-state index is -0.204. The topological polar surface area (TPSA) is 49.4 Å². The molecule has 0 saturated heterocycles. The van der Waals surface area contributed by atoms with Crippen LogP contribution in [0.4, 0.5) is 5.69 Å². The second kappa shape index (κ2) is 10.5. The monoisotopic (exact) mass is 408 g/mol. The molecule has 0 aromatic heterocycles. The maximum absolute atomic E-state index is 12.2. The van der Waals surface area contributed by atoms with Crippen LogP contribution < -0.4 is 5.32 Å². The summed E-state index contributed by atoms with van der Waals surface area (Å²) < 4.78 is 0. The van der Waals surface area contributed by atoms with Gasteiger partial charge in [-0.25, -0.2) is 0 Å². The molecule has 2 amide bonds. The average Bonchev–Trinajstić information content (AvgIpc) is 2.63. The van der Waals surface area contributed by atoms with Gasteiger partial charge < -0.3 is 10.2 Å². The summed E-state index contributed by atoms with van der Waals surface area (Å²) in [6.07, 6.45) is 1.96. The van der Waals surface area contributed by atoms with Crippen LogP contribution in [0.25, 0.3) is 0 Å². The van der Waals surface area contributed by atoms with Crippen molar-refractivity contribution < 1.29 is 9.59 Å². The molecular weight excluding hydrogens is 388 g/mol. The Morgan fingerprint density at radius 3 is 2.50 bits per heavy atom. The molecule has 0 radical (unpaired) electrons. The smallest absolute Gasteiger partial charge is 0.244 e. The Balaban J connectivity index is 1.77. The molecule has 0 aliphatic rings. The molecule has 0 saturated carbocycles. The molecule has 2 rings (SSSR count). The molecule has 0 fully saturated rings. The van der Waals surface area contributed by atoms with Gasteiger partial charge in [0.1, 0.15) is 0 Å². The van der Waals surface area contributed by atoms with E-state index in [4.69, 9.17) is 11.6 Å². The molecule has 0 unspecified atom stereocenters. The van der Waals surface area contributed by atoms with Crippen molar-refractivity contribution in [3.05, 3.63) is 59.1 Å². The van der Waals surface area contributed by atoms with E-state index in [0.29, 0.717) is 10.8 Å². The van der Waals surface area contributed by atoms with Crippen LogP contribution in [0.3, 0.4) is 0 Å². The number of para-hydroxylation sites is 1. The number of thioether (sulfide) groups is 2. The Bertz CT molecular complexity index is 753. The van der Waals surface area contributed by atoms with E-state index in [1.54, 1.807) is 18.8 Å². The van der Waals surface area contributed by atoms with E-state index in [0.717, 1.165) is 21.9 Å². The molecule has 1 N–H and O–H groups in total. The van der Waals surface area contributed by atoms with Gasteiger partial charge in [-0.1, -0.05) is 35.9 Å². The molecule has 7 heteroatoms. The first-order valence-corrected chi connectivity index (χ1v) is 10.7. The number of nitrogens with one attached hydrogen (secondary N) is 1. The number of hydrogen-bond acceptors (Lipinski definition) is 4. The standard InChI is InChI=1S/C19H21ClN2O2S2/c1-22(11-18(23)21-16-5-3-4-6-17(16)25-2)19(24)13-26-12-14-7-9-15(20)10-8-14/h3-10H,11-13H2,1-2H3,(H,21,23). The van der Waals surface area contributed by atoms with Gasteiger partial charge in [0.15, 0.2) is 0 Å². The molecule has 2 aromatic rings. The molecular formula is C19H21ClN2O2S2. The molecule has 0 heterocycles. The van der Waals surface area contributed by atoms with Crippen molar-refractivity contribution in [3.63, 3.8) is 0 Å². The van der Waals surface area contributed by atoms with Gasteiger partial charge >= 0.3 is 0 Å². The molecule has 0 spiro atoms. The third-order valence-corrected chi connectivity index (χ3v) is 5.63.